The summed E-state index contributed by atoms with van der Waals surface area (Å²) in [7, 11) is 0. The molecule has 1 N–H and O–H groups in total. The summed E-state index contributed by atoms with van der Waals surface area (Å²) in [6.45, 7) is 2.06. The van der Waals surface area contributed by atoms with Crippen LogP contribution in [0.3, 0.4) is 0 Å². The minimum absolute atomic E-state index is 0.0375. The van der Waals surface area contributed by atoms with Crippen LogP contribution in [0.2, 0.25) is 0 Å². The zero-order chi connectivity index (χ0) is 16.1. The SMILES string of the molecule is CCC(=O)CCC(=O)NCCN1C(=O)c2ccccc2C1=O. The Kier molecular flexibility index (Phi) is 5.04. The van der Waals surface area contributed by atoms with E-state index in [1.54, 1.807) is 31.2 Å². The molecule has 0 saturated heterocycles. The standard InChI is InChI=1S/C16H18N2O4/c1-2-11(19)7-8-14(20)17-9-10-18-15(21)12-5-3-4-6-13(12)16(18)22/h3-6H,2,7-10H2,1H3,(H,17,20). The summed E-state index contributed by atoms with van der Waals surface area (Å²) >= 11 is 0. The number of benzene rings is 1. The molecule has 1 aromatic carbocycles. The van der Waals surface area contributed by atoms with Crippen molar-refractivity contribution in [2.45, 2.75) is 26.2 Å². The molecule has 0 unspecified atom stereocenters. The Morgan fingerprint density at radius 3 is 2.18 bits per heavy atom. The normalized spacial score (nSPS) is 13.2. The highest BCUT2D eigenvalue weighted by Gasteiger charge is 2.34. The zero-order valence-corrected chi connectivity index (χ0v) is 12.4. The first-order valence-corrected chi connectivity index (χ1v) is 7.28. The second-order valence-corrected chi connectivity index (χ2v) is 5.05. The summed E-state index contributed by atoms with van der Waals surface area (Å²) in [6, 6.07) is 6.65. The third-order valence-electron chi connectivity index (χ3n) is 3.56. The van der Waals surface area contributed by atoms with E-state index in [9.17, 15) is 19.2 Å². The van der Waals surface area contributed by atoms with Crippen LogP contribution in [0.4, 0.5) is 0 Å². The lowest BCUT2D eigenvalue weighted by molar-refractivity contribution is -0.125. The van der Waals surface area contributed by atoms with Crippen molar-refractivity contribution in [1.82, 2.24) is 10.2 Å². The van der Waals surface area contributed by atoms with Gasteiger partial charge in [0.1, 0.15) is 5.78 Å². The Morgan fingerprint density at radius 1 is 1.05 bits per heavy atom. The number of ketones is 1. The predicted molar refractivity (Wildman–Crippen MR) is 79.4 cm³/mol. The lowest BCUT2D eigenvalue weighted by Gasteiger charge is -2.14. The average Bonchev–Trinajstić information content (AvgIpc) is 2.78. The van der Waals surface area contributed by atoms with E-state index in [4.69, 9.17) is 0 Å². The Labute approximate surface area is 128 Å². The summed E-state index contributed by atoms with van der Waals surface area (Å²) in [5.74, 6) is -0.888. The molecule has 1 heterocycles. The number of Topliss-reactive ketones (excluding diaryl/α,β-unsaturated/α-hetero) is 1. The monoisotopic (exact) mass is 302 g/mol. The molecule has 0 aromatic heterocycles. The first kappa shape index (κ1) is 15.9. The van der Waals surface area contributed by atoms with Crippen LogP contribution in [0.5, 0.6) is 0 Å². The molecule has 0 fully saturated rings. The highest BCUT2D eigenvalue weighted by atomic mass is 16.2. The van der Waals surface area contributed by atoms with Gasteiger partial charge in [0.25, 0.3) is 11.8 Å². The second-order valence-electron chi connectivity index (χ2n) is 5.05. The van der Waals surface area contributed by atoms with Crippen molar-refractivity contribution < 1.29 is 19.2 Å². The van der Waals surface area contributed by atoms with Gasteiger partial charge in [-0.25, -0.2) is 0 Å². The van der Waals surface area contributed by atoms with Gasteiger partial charge in [-0.05, 0) is 12.1 Å². The molecule has 116 valence electrons. The molecule has 1 aliphatic heterocycles. The van der Waals surface area contributed by atoms with Crippen LogP contribution >= 0.6 is 0 Å². The molecule has 6 nitrogen and oxygen atoms in total. The summed E-state index contributed by atoms with van der Waals surface area (Å²) in [5.41, 5.74) is 0.791. The van der Waals surface area contributed by atoms with Crippen LogP contribution in [0.15, 0.2) is 24.3 Å². The number of fused-ring (bicyclic) bond motifs is 1. The minimum Gasteiger partial charge on any atom is -0.354 e. The van der Waals surface area contributed by atoms with Gasteiger partial charge in [0.2, 0.25) is 5.91 Å². The molecule has 0 saturated carbocycles. The fourth-order valence-electron chi connectivity index (χ4n) is 2.27. The molecule has 0 spiro atoms. The van der Waals surface area contributed by atoms with E-state index in [-0.39, 0.29) is 49.4 Å². The molecule has 22 heavy (non-hydrogen) atoms. The van der Waals surface area contributed by atoms with Crippen molar-refractivity contribution in [2.24, 2.45) is 0 Å². The quantitative estimate of drug-likeness (QED) is 0.766. The van der Waals surface area contributed by atoms with Crippen molar-refractivity contribution in [1.29, 1.82) is 0 Å². The summed E-state index contributed by atoms with van der Waals surface area (Å²) in [4.78, 5) is 48.0. The van der Waals surface area contributed by atoms with Crippen LogP contribution in [-0.4, -0.2) is 41.5 Å². The predicted octanol–water partition coefficient (Wildman–Crippen LogP) is 1.16. The highest BCUT2D eigenvalue weighted by molar-refractivity contribution is 6.21. The molecule has 0 aliphatic carbocycles. The molecule has 1 aromatic rings. The number of hydrogen-bond donors (Lipinski definition) is 1. The molecule has 0 bridgehead atoms. The van der Waals surface area contributed by atoms with Crippen LogP contribution in [0.25, 0.3) is 0 Å². The Hall–Kier alpha value is -2.50. The smallest absolute Gasteiger partial charge is 0.261 e. The zero-order valence-electron chi connectivity index (χ0n) is 12.4. The maximum absolute atomic E-state index is 12.1. The summed E-state index contributed by atoms with van der Waals surface area (Å²) in [6.07, 6.45) is 0.770. The Morgan fingerprint density at radius 2 is 1.64 bits per heavy atom. The van der Waals surface area contributed by atoms with E-state index in [2.05, 4.69) is 5.32 Å². The number of hydrogen-bond acceptors (Lipinski definition) is 4. The number of amides is 3. The van der Waals surface area contributed by atoms with Gasteiger partial charge in [-0.2, -0.15) is 0 Å². The van der Waals surface area contributed by atoms with E-state index in [1.165, 1.54) is 0 Å². The third-order valence-corrected chi connectivity index (χ3v) is 3.56. The largest absolute Gasteiger partial charge is 0.354 e. The van der Waals surface area contributed by atoms with Crippen LogP contribution in [0.1, 0.15) is 46.9 Å². The Balaban J connectivity index is 1.81. The van der Waals surface area contributed by atoms with Crippen molar-refractivity contribution in [3.05, 3.63) is 35.4 Å². The lowest BCUT2D eigenvalue weighted by Crippen LogP contribution is -2.38. The van der Waals surface area contributed by atoms with E-state index in [0.717, 1.165) is 4.90 Å². The first-order chi connectivity index (χ1) is 10.5. The van der Waals surface area contributed by atoms with Crippen molar-refractivity contribution in [3.8, 4) is 0 Å². The Bertz CT molecular complexity index is 589. The molecule has 2 rings (SSSR count). The van der Waals surface area contributed by atoms with Crippen LogP contribution in [-0.2, 0) is 9.59 Å². The number of nitrogens with zero attached hydrogens (tertiary/aromatic N) is 1. The molecule has 1 aliphatic rings. The fraction of sp³-hybridized carbons (Fsp3) is 0.375. The van der Waals surface area contributed by atoms with Gasteiger partial charge in [0, 0.05) is 32.4 Å². The topological polar surface area (TPSA) is 83.6 Å². The highest BCUT2D eigenvalue weighted by Crippen LogP contribution is 2.21. The van der Waals surface area contributed by atoms with Gasteiger partial charge in [-0.3, -0.25) is 24.1 Å². The maximum Gasteiger partial charge on any atom is 0.261 e. The number of imide groups is 1. The van der Waals surface area contributed by atoms with Crippen molar-refractivity contribution in [2.75, 3.05) is 13.1 Å². The molecule has 3 amide bonds. The molecule has 0 radical (unpaired) electrons. The third kappa shape index (κ3) is 3.39. The molecule has 0 atom stereocenters. The number of nitrogens with one attached hydrogen (secondary N) is 1. The van der Waals surface area contributed by atoms with Gasteiger partial charge >= 0.3 is 0 Å². The maximum atomic E-state index is 12.1. The number of carbonyl (C=O) groups is 4. The first-order valence-electron chi connectivity index (χ1n) is 7.28. The van der Waals surface area contributed by atoms with Crippen LogP contribution in [0, 0.1) is 0 Å². The van der Waals surface area contributed by atoms with E-state index in [0.29, 0.717) is 17.5 Å². The average molecular weight is 302 g/mol. The van der Waals surface area contributed by atoms with Crippen molar-refractivity contribution >= 4 is 23.5 Å². The van der Waals surface area contributed by atoms with Gasteiger partial charge < -0.3 is 5.32 Å². The summed E-state index contributed by atoms with van der Waals surface area (Å²) < 4.78 is 0. The van der Waals surface area contributed by atoms with E-state index < -0.39 is 0 Å². The van der Waals surface area contributed by atoms with E-state index >= 15 is 0 Å². The lowest BCUT2D eigenvalue weighted by atomic mass is 10.1. The fourth-order valence-corrected chi connectivity index (χ4v) is 2.27. The van der Waals surface area contributed by atoms with Gasteiger partial charge in [-0.15, -0.1) is 0 Å². The molecular formula is C16H18N2O4. The minimum atomic E-state index is -0.337. The summed E-state index contributed by atoms with van der Waals surface area (Å²) in [5, 5.41) is 2.62. The molecular weight excluding hydrogens is 284 g/mol. The van der Waals surface area contributed by atoms with E-state index in [1.807, 2.05) is 0 Å². The number of carbonyl (C=O) groups excluding carboxylic acids is 4. The van der Waals surface area contributed by atoms with Crippen LogP contribution < -0.4 is 5.32 Å². The number of rotatable bonds is 7. The second kappa shape index (κ2) is 6.98. The van der Waals surface area contributed by atoms with Gasteiger partial charge in [0.05, 0.1) is 11.1 Å². The molecule has 6 heteroatoms. The van der Waals surface area contributed by atoms with Gasteiger partial charge in [-0.1, -0.05) is 19.1 Å². The van der Waals surface area contributed by atoms with Gasteiger partial charge in [0.15, 0.2) is 0 Å². The van der Waals surface area contributed by atoms with Crippen molar-refractivity contribution in [3.63, 3.8) is 0 Å².